The number of hydrogen-bond acceptors (Lipinski definition) is 6. The molecule has 7 heteroatoms. The zero-order chi connectivity index (χ0) is 14.3. The standard InChI is InChI=1S/C13H20N4O2S/c1-13(2)7-8(13)15-11(18)9-10(14)16-12(20-9)17-3-5-19-6-4-17/h8H,3-7,14H2,1-2H3,(H,15,18). The number of rotatable bonds is 3. The van der Waals surface area contributed by atoms with E-state index in [9.17, 15) is 4.79 Å². The number of carbonyl (C=O) groups excluding carboxylic acids is 1. The van der Waals surface area contributed by atoms with Crippen LogP contribution < -0.4 is 16.0 Å². The Labute approximate surface area is 122 Å². The minimum Gasteiger partial charge on any atom is -0.382 e. The number of nitrogens with two attached hydrogens (primary N) is 1. The Kier molecular flexibility index (Phi) is 3.33. The Hall–Kier alpha value is -1.34. The highest BCUT2D eigenvalue weighted by atomic mass is 32.1. The molecule has 1 saturated heterocycles. The molecule has 2 fully saturated rings. The Balaban J connectivity index is 1.70. The lowest BCUT2D eigenvalue weighted by molar-refractivity contribution is 0.0951. The lowest BCUT2D eigenvalue weighted by Gasteiger charge is -2.25. The molecular weight excluding hydrogens is 276 g/mol. The van der Waals surface area contributed by atoms with Crippen LogP contribution >= 0.6 is 11.3 Å². The van der Waals surface area contributed by atoms with Gasteiger partial charge in [-0.3, -0.25) is 4.79 Å². The van der Waals surface area contributed by atoms with Crippen molar-refractivity contribution in [2.45, 2.75) is 26.3 Å². The zero-order valence-electron chi connectivity index (χ0n) is 11.8. The van der Waals surface area contributed by atoms with Gasteiger partial charge in [-0.15, -0.1) is 0 Å². The average molecular weight is 296 g/mol. The molecule has 1 amide bonds. The molecule has 0 spiro atoms. The number of nitrogens with one attached hydrogen (secondary N) is 1. The number of carbonyl (C=O) groups is 1. The van der Waals surface area contributed by atoms with Gasteiger partial charge in [-0.2, -0.15) is 0 Å². The minimum absolute atomic E-state index is 0.102. The average Bonchev–Trinajstić information content (AvgIpc) is 2.84. The molecular formula is C13H20N4O2S. The van der Waals surface area contributed by atoms with Gasteiger partial charge in [-0.05, 0) is 11.8 Å². The summed E-state index contributed by atoms with van der Waals surface area (Å²) in [6, 6.07) is 0.253. The fraction of sp³-hybridized carbons (Fsp3) is 0.692. The predicted octanol–water partition coefficient (Wildman–Crippen LogP) is 1.09. The fourth-order valence-electron chi connectivity index (χ4n) is 2.31. The highest BCUT2D eigenvalue weighted by molar-refractivity contribution is 7.18. The first kappa shape index (κ1) is 13.6. The van der Waals surface area contributed by atoms with Crippen LogP contribution in [0.3, 0.4) is 0 Å². The van der Waals surface area contributed by atoms with Gasteiger partial charge in [-0.25, -0.2) is 4.98 Å². The first-order valence-corrected chi connectivity index (χ1v) is 7.69. The second-order valence-corrected chi connectivity index (χ2v) is 7.01. The van der Waals surface area contributed by atoms with E-state index in [1.807, 2.05) is 0 Å². The largest absolute Gasteiger partial charge is 0.382 e. The van der Waals surface area contributed by atoms with E-state index >= 15 is 0 Å². The normalized spacial score (nSPS) is 24.5. The van der Waals surface area contributed by atoms with Crippen molar-refractivity contribution < 1.29 is 9.53 Å². The van der Waals surface area contributed by atoms with E-state index in [1.54, 1.807) is 0 Å². The van der Waals surface area contributed by atoms with Gasteiger partial charge in [0.25, 0.3) is 5.91 Å². The topological polar surface area (TPSA) is 80.5 Å². The summed E-state index contributed by atoms with van der Waals surface area (Å²) in [4.78, 5) is 19.2. The Morgan fingerprint density at radius 2 is 2.15 bits per heavy atom. The SMILES string of the molecule is CC1(C)CC1NC(=O)c1sc(N2CCOCC2)nc1N. The number of ether oxygens (including phenoxy) is 1. The van der Waals surface area contributed by atoms with Gasteiger partial charge in [0.05, 0.1) is 13.2 Å². The fourth-order valence-corrected chi connectivity index (χ4v) is 3.25. The molecule has 6 nitrogen and oxygen atoms in total. The molecule has 1 aliphatic heterocycles. The molecule has 1 aromatic rings. The molecule has 1 aliphatic carbocycles. The Morgan fingerprint density at radius 1 is 1.50 bits per heavy atom. The molecule has 0 radical (unpaired) electrons. The second-order valence-electron chi connectivity index (χ2n) is 6.03. The molecule has 110 valence electrons. The maximum Gasteiger partial charge on any atom is 0.265 e. The number of thiazole rings is 1. The monoisotopic (exact) mass is 296 g/mol. The van der Waals surface area contributed by atoms with Crippen LogP contribution in [-0.4, -0.2) is 43.2 Å². The highest BCUT2D eigenvalue weighted by Crippen LogP contribution is 2.45. The van der Waals surface area contributed by atoms with Crippen LogP contribution in [0.1, 0.15) is 29.9 Å². The number of anilines is 2. The van der Waals surface area contributed by atoms with Gasteiger partial charge in [0.2, 0.25) is 0 Å². The Bertz CT molecular complexity index is 522. The number of hydrogen-bond donors (Lipinski definition) is 2. The van der Waals surface area contributed by atoms with Gasteiger partial charge in [0.15, 0.2) is 5.13 Å². The van der Waals surface area contributed by atoms with Crippen molar-refractivity contribution >= 4 is 28.2 Å². The maximum atomic E-state index is 12.2. The third-order valence-corrected chi connectivity index (χ3v) is 5.08. The molecule has 1 aromatic heterocycles. The molecule has 2 aliphatic rings. The van der Waals surface area contributed by atoms with E-state index in [1.165, 1.54) is 11.3 Å². The van der Waals surface area contributed by atoms with Gasteiger partial charge >= 0.3 is 0 Å². The summed E-state index contributed by atoms with van der Waals surface area (Å²) in [5, 5.41) is 3.84. The van der Waals surface area contributed by atoms with Gasteiger partial charge in [0, 0.05) is 19.1 Å². The third-order valence-electron chi connectivity index (χ3n) is 3.95. The molecule has 2 heterocycles. The van der Waals surface area contributed by atoms with E-state index < -0.39 is 0 Å². The quantitative estimate of drug-likeness (QED) is 0.873. The van der Waals surface area contributed by atoms with Crippen molar-refractivity contribution in [3.05, 3.63) is 4.88 Å². The number of morpholine rings is 1. The van der Waals surface area contributed by atoms with Crippen LogP contribution in [0.2, 0.25) is 0 Å². The zero-order valence-corrected chi connectivity index (χ0v) is 12.6. The van der Waals surface area contributed by atoms with Crippen LogP contribution in [-0.2, 0) is 4.74 Å². The molecule has 0 bridgehead atoms. The number of amides is 1. The van der Waals surface area contributed by atoms with Gasteiger partial charge in [-0.1, -0.05) is 25.2 Å². The summed E-state index contributed by atoms with van der Waals surface area (Å²) >= 11 is 1.37. The van der Waals surface area contributed by atoms with Crippen molar-refractivity contribution in [1.29, 1.82) is 0 Å². The van der Waals surface area contributed by atoms with Crippen LogP contribution in [0.4, 0.5) is 10.9 Å². The molecule has 1 saturated carbocycles. The molecule has 20 heavy (non-hydrogen) atoms. The summed E-state index contributed by atoms with van der Waals surface area (Å²) in [6.45, 7) is 7.27. The van der Waals surface area contributed by atoms with E-state index in [0.717, 1.165) is 24.6 Å². The van der Waals surface area contributed by atoms with Crippen LogP contribution in [0.15, 0.2) is 0 Å². The van der Waals surface area contributed by atoms with E-state index in [4.69, 9.17) is 10.5 Å². The number of nitrogen functional groups attached to an aromatic ring is 1. The summed E-state index contributed by atoms with van der Waals surface area (Å²) < 4.78 is 5.31. The van der Waals surface area contributed by atoms with Crippen molar-refractivity contribution in [3.63, 3.8) is 0 Å². The summed E-state index contributed by atoms with van der Waals surface area (Å²) in [7, 11) is 0. The van der Waals surface area contributed by atoms with E-state index in [0.29, 0.717) is 23.9 Å². The smallest absolute Gasteiger partial charge is 0.265 e. The van der Waals surface area contributed by atoms with Crippen molar-refractivity contribution in [2.24, 2.45) is 5.41 Å². The highest BCUT2D eigenvalue weighted by Gasteiger charge is 2.46. The van der Waals surface area contributed by atoms with E-state index in [-0.39, 0.29) is 17.4 Å². The van der Waals surface area contributed by atoms with E-state index in [2.05, 4.69) is 29.0 Å². The summed E-state index contributed by atoms with van der Waals surface area (Å²) in [5.41, 5.74) is 6.10. The minimum atomic E-state index is -0.102. The predicted molar refractivity (Wildman–Crippen MR) is 79.2 cm³/mol. The molecule has 1 atom stereocenters. The van der Waals surface area contributed by atoms with Gasteiger partial charge < -0.3 is 20.7 Å². The van der Waals surface area contributed by atoms with Gasteiger partial charge in [0.1, 0.15) is 10.7 Å². The van der Waals surface area contributed by atoms with Crippen molar-refractivity contribution in [3.8, 4) is 0 Å². The first-order valence-electron chi connectivity index (χ1n) is 6.87. The lowest BCUT2D eigenvalue weighted by Crippen LogP contribution is -2.36. The molecule has 3 N–H and O–H groups in total. The summed E-state index contributed by atoms with van der Waals surface area (Å²) in [6.07, 6.45) is 1.02. The maximum absolute atomic E-state index is 12.2. The van der Waals surface area contributed by atoms with Crippen LogP contribution in [0.25, 0.3) is 0 Å². The van der Waals surface area contributed by atoms with Crippen LogP contribution in [0.5, 0.6) is 0 Å². The molecule has 0 aromatic carbocycles. The molecule has 1 unspecified atom stereocenters. The number of nitrogens with zero attached hydrogens (tertiary/aromatic N) is 2. The van der Waals surface area contributed by atoms with Crippen molar-refractivity contribution in [2.75, 3.05) is 36.9 Å². The van der Waals surface area contributed by atoms with Crippen LogP contribution in [0, 0.1) is 5.41 Å². The third kappa shape index (κ3) is 2.60. The van der Waals surface area contributed by atoms with Crippen molar-refractivity contribution in [1.82, 2.24) is 10.3 Å². The Morgan fingerprint density at radius 3 is 2.75 bits per heavy atom. The summed E-state index contributed by atoms with van der Waals surface area (Å²) in [5.74, 6) is 0.225. The second kappa shape index (κ2) is 4.89. The molecule has 3 rings (SSSR count). The lowest BCUT2D eigenvalue weighted by atomic mass is 10.2. The first-order chi connectivity index (χ1) is 9.47. The number of aromatic nitrogens is 1.